The lowest BCUT2D eigenvalue weighted by Gasteiger charge is -2.03. The van der Waals surface area contributed by atoms with Gasteiger partial charge in [0.05, 0.1) is 15.6 Å². The van der Waals surface area contributed by atoms with Crippen molar-refractivity contribution in [1.29, 1.82) is 0 Å². The molecule has 0 atom stereocenters. The lowest BCUT2D eigenvalue weighted by atomic mass is 10.1. The number of thiophene rings is 1. The molecule has 0 saturated heterocycles. The Balaban J connectivity index is 2.52. The fourth-order valence-corrected chi connectivity index (χ4v) is 2.55. The van der Waals surface area contributed by atoms with Gasteiger partial charge < -0.3 is 5.11 Å². The van der Waals surface area contributed by atoms with Gasteiger partial charge in [0.1, 0.15) is 0 Å². The van der Waals surface area contributed by atoms with E-state index >= 15 is 0 Å². The van der Waals surface area contributed by atoms with Crippen molar-refractivity contribution in [3.63, 3.8) is 0 Å². The van der Waals surface area contributed by atoms with Crippen molar-refractivity contribution in [2.24, 2.45) is 0 Å². The molecule has 1 N–H and O–H groups in total. The number of hydrogen-bond acceptors (Lipinski definition) is 2. The summed E-state index contributed by atoms with van der Waals surface area (Å²) in [5.74, 6) is -0.992. The van der Waals surface area contributed by atoms with E-state index in [2.05, 4.69) is 0 Å². The van der Waals surface area contributed by atoms with Gasteiger partial charge in [-0.3, -0.25) is 0 Å². The number of benzene rings is 1. The van der Waals surface area contributed by atoms with Gasteiger partial charge in [0.2, 0.25) is 0 Å². The highest BCUT2D eigenvalue weighted by Crippen LogP contribution is 2.30. The maximum Gasteiger partial charge on any atom is 0.337 e. The highest BCUT2D eigenvalue weighted by Gasteiger charge is 2.13. The average Bonchev–Trinajstić information content (AvgIpc) is 2.84. The van der Waals surface area contributed by atoms with Crippen LogP contribution in [-0.2, 0) is 4.79 Å². The lowest BCUT2D eigenvalue weighted by Crippen LogP contribution is -1.97. The van der Waals surface area contributed by atoms with Crippen LogP contribution >= 0.6 is 34.5 Å². The van der Waals surface area contributed by atoms with E-state index in [1.54, 1.807) is 30.3 Å². The molecule has 2 rings (SSSR count). The normalized spacial score (nSPS) is 11.6. The van der Waals surface area contributed by atoms with Crippen LogP contribution in [0.25, 0.3) is 11.6 Å². The van der Waals surface area contributed by atoms with Crippen LogP contribution in [0.5, 0.6) is 0 Å². The van der Waals surface area contributed by atoms with Crippen LogP contribution in [0.3, 0.4) is 0 Å². The number of halogens is 2. The molecule has 0 saturated carbocycles. The summed E-state index contributed by atoms with van der Waals surface area (Å²) in [6, 6.07) is 8.67. The Bertz CT molecular complexity index is 603. The van der Waals surface area contributed by atoms with E-state index in [-0.39, 0.29) is 5.57 Å². The van der Waals surface area contributed by atoms with Crippen molar-refractivity contribution in [3.8, 4) is 0 Å². The molecule has 0 aliphatic carbocycles. The van der Waals surface area contributed by atoms with Crippen LogP contribution in [0, 0.1) is 0 Å². The molecule has 0 fully saturated rings. The van der Waals surface area contributed by atoms with Crippen LogP contribution in [0.1, 0.15) is 10.4 Å². The van der Waals surface area contributed by atoms with Gasteiger partial charge in [-0.05, 0) is 29.2 Å². The van der Waals surface area contributed by atoms with Crippen molar-refractivity contribution in [1.82, 2.24) is 0 Å². The summed E-state index contributed by atoms with van der Waals surface area (Å²) < 4.78 is 0. The fourth-order valence-electron chi connectivity index (χ4n) is 1.46. The molecule has 5 heteroatoms. The summed E-state index contributed by atoms with van der Waals surface area (Å²) in [6.07, 6.45) is 1.53. The van der Waals surface area contributed by atoms with Gasteiger partial charge >= 0.3 is 5.97 Å². The van der Waals surface area contributed by atoms with E-state index in [9.17, 15) is 9.90 Å². The number of aliphatic carboxylic acids is 1. The van der Waals surface area contributed by atoms with Gasteiger partial charge in [0, 0.05) is 4.88 Å². The van der Waals surface area contributed by atoms with Gasteiger partial charge in [0.25, 0.3) is 0 Å². The predicted molar refractivity (Wildman–Crippen MR) is 76.3 cm³/mol. The van der Waals surface area contributed by atoms with Crippen molar-refractivity contribution < 1.29 is 9.90 Å². The van der Waals surface area contributed by atoms with E-state index in [4.69, 9.17) is 23.2 Å². The highest BCUT2D eigenvalue weighted by molar-refractivity contribution is 7.11. The number of carboxylic acid groups (broad SMARTS) is 1. The minimum atomic E-state index is -0.992. The molecule has 0 spiro atoms. The Morgan fingerprint density at radius 2 is 2.00 bits per heavy atom. The summed E-state index contributed by atoms with van der Waals surface area (Å²) >= 11 is 13.3. The summed E-state index contributed by atoms with van der Waals surface area (Å²) in [4.78, 5) is 11.9. The molecule has 18 heavy (non-hydrogen) atoms. The van der Waals surface area contributed by atoms with Crippen LogP contribution in [-0.4, -0.2) is 11.1 Å². The number of carbonyl (C=O) groups is 1. The SMILES string of the molecule is O=C(O)/C(=C/c1cccc(Cl)c1Cl)c1cccs1. The molecule has 92 valence electrons. The zero-order chi connectivity index (χ0) is 13.1. The zero-order valence-electron chi connectivity index (χ0n) is 9.06. The summed E-state index contributed by atoms with van der Waals surface area (Å²) in [6.45, 7) is 0. The van der Waals surface area contributed by atoms with E-state index < -0.39 is 5.97 Å². The lowest BCUT2D eigenvalue weighted by molar-refractivity contribution is -0.130. The number of rotatable bonds is 3. The van der Waals surface area contributed by atoms with Gasteiger partial charge in [0.15, 0.2) is 0 Å². The van der Waals surface area contributed by atoms with Crippen molar-refractivity contribution in [2.45, 2.75) is 0 Å². The van der Waals surface area contributed by atoms with E-state index in [0.29, 0.717) is 20.5 Å². The van der Waals surface area contributed by atoms with Crippen LogP contribution in [0.2, 0.25) is 10.0 Å². The largest absolute Gasteiger partial charge is 0.478 e. The first-order chi connectivity index (χ1) is 8.59. The maximum atomic E-state index is 11.3. The third-order valence-corrected chi connectivity index (χ3v) is 4.04. The van der Waals surface area contributed by atoms with E-state index in [0.717, 1.165) is 0 Å². The van der Waals surface area contributed by atoms with Crippen molar-refractivity contribution in [2.75, 3.05) is 0 Å². The minimum Gasteiger partial charge on any atom is -0.478 e. The van der Waals surface area contributed by atoms with Crippen LogP contribution < -0.4 is 0 Å². The third-order valence-electron chi connectivity index (χ3n) is 2.30. The second-order valence-electron chi connectivity index (χ2n) is 3.48. The Hall–Kier alpha value is -1.29. The Labute approximate surface area is 118 Å². The second kappa shape index (κ2) is 5.57. The Kier molecular flexibility index (Phi) is 4.07. The van der Waals surface area contributed by atoms with Gasteiger partial charge in [-0.25, -0.2) is 4.79 Å². The first kappa shape index (κ1) is 13.1. The molecule has 0 bridgehead atoms. The summed E-state index contributed by atoms with van der Waals surface area (Å²) in [5, 5.41) is 11.8. The molecule has 0 unspecified atom stereocenters. The predicted octanol–water partition coefficient (Wildman–Crippen LogP) is 4.68. The molecule has 2 nitrogen and oxygen atoms in total. The maximum absolute atomic E-state index is 11.3. The summed E-state index contributed by atoms with van der Waals surface area (Å²) in [5.41, 5.74) is 0.795. The highest BCUT2D eigenvalue weighted by atomic mass is 35.5. The first-order valence-electron chi connectivity index (χ1n) is 5.02. The molecule has 1 heterocycles. The molecule has 0 radical (unpaired) electrons. The van der Waals surface area contributed by atoms with Gasteiger partial charge in [-0.15, -0.1) is 11.3 Å². The molecular formula is C13H8Cl2O2S. The van der Waals surface area contributed by atoms with E-state index in [1.165, 1.54) is 17.4 Å². The standard InChI is InChI=1S/C13H8Cl2O2S/c14-10-4-1-3-8(12(10)15)7-9(13(16)17)11-5-2-6-18-11/h1-7H,(H,16,17)/b9-7+. The average molecular weight is 299 g/mol. The first-order valence-corrected chi connectivity index (χ1v) is 6.66. The van der Waals surface area contributed by atoms with Crippen LogP contribution in [0.4, 0.5) is 0 Å². The molecule has 0 amide bonds. The Morgan fingerprint density at radius 1 is 1.22 bits per heavy atom. The molecular weight excluding hydrogens is 291 g/mol. The second-order valence-corrected chi connectivity index (χ2v) is 5.22. The molecule has 1 aromatic carbocycles. The monoisotopic (exact) mass is 298 g/mol. The quantitative estimate of drug-likeness (QED) is 0.835. The van der Waals surface area contributed by atoms with Crippen molar-refractivity contribution >= 4 is 52.2 Å². The minimum absolute atomic E-state index is 0.203. The third kappa shape index (κ3) is 2.75. The summed E-state index contributed by atoms with van der Waals surface area (Å²) in [7, 11) is 0. The number of hydrogen-bond donors (Lipinski definition) is 1. The zero-order valence-corrected chi connectivity index (χ0v) is 11.4. The Morgan fingerprint density at radius 3 is 2.61 bits per heavy atom. The molecule has 0 aliphatic heterocycles. The fraction of sp³-hybridized carbons (Fsp3) is 0. The van der Waals surface area contributed by atoms with Gasteiger partial charge in [-0.2, -0.15) is 0 Å². The van der Waals surface area contributed by atoms with E-state index in [1.807, 2.05) is 5.38 Å². The molecule has 1 aromatic heterocycles. The van der Waals surface area contributed by atoms with Crippen molar-refractivity contribution in [3.05, 3.63) is 56.2 Å². The number of carboxylic acids is 1. The van der Waals surface area contributed by atoms with Gasteiger partial charge in [-0.1, -0.05) is 41.4 Å². The molecule has 2 aromatic rings. The topological polar surface area (TPSA) is 37.3 Å². The molecule has 0 aliphatic rings. The van der Waals surface area contributed by atoms with Crippen LogP contribution in [0.15, 0.2) is 35.7 Å². The smallest absolute Gasteiger partial charge is 0.337 e.